The van der Waals surface area contributed by atoms with Gasteiger partial charge in [-0.1, -0.05) is 6.07 Å². The molecule has 0 saturated carbocycles. The predicted octanol–water partition coefficient (Wildman–Crippen LogP) is 2.38. The molecule has 3 aromatic rings. The van der Waals surface area contributed by atoms with Crippen LogP contribution in [-0.2, 0) is 0 Å². The summed E-state index contributed by atoms with van der Waals surface area (Å²) in [5, 5.41) is 4.25. The summed E-state index contributed by atoms with van der Waals surface area (Å²) < 4.78 is 5.07. The Kier molecular flexibility index (Phi) is 3.41. The zero-order chi connectivity index (χ0) is 14.8. The molecule has 4 N–H and O–H groups in total. The van der Waals surface area contributed by atoms with Crippen molar-refractivity contribution < 1.29 is 4.42 Å². The number of nitrogens with one attached hydrogen (secondary N) is 2. The van der Waals surface area contributed by atoms with Crippen molar-refractivity contribution in [1.29, 1.82) is 0 Å². The van der Waals surface area contributed by atoms with E-state index in [-0.39, 0.29) is 5.11 Å². The van der Waals surface area contributed by atoms with Crippen LogP contribution in [0.15, 0.2) is 46.3 Å². The number of furan rings is 1. The van der Waals surface area contributed by atoms with Crippen molar-refractivity contribution in [2.45, 2.75) is 6.92 Å². The van der Waals surface area contributed by atoms with Gasteiger partial charge >= 0.3 is 0 Å². The first-order chi connectivity index (χ1) is 10.1. The molecular weight excluding hydrogens is 286 g/mol. The minimum Gasteiger partial charge on any atom is -0.472 e. The van der Waals surface area contributed by atoms with Crippen LogP contribution in [0.5, 0.6) is 0 Å². The summed E-state index contributed by atoms with van der Waals surface area (Å²) in [5.74, 6) is 0.770. The van der Waals surface area contributed by atoms with Gasteiger partial charge in [0.2, 0.25) is 0 Å². The van der Waals surface area contributed by atoms with Crippen LogP contribution < -0.4 is 11.2 Å². The van der Waals surface area contributed by atoms with Gasteiger partial charge in [0.05, 0.1) is 28.6 Å². The van der Waals surface area contributed by atoms with Crippen LogP contribution in [0.3, 0.4) is 0 Å². The van der Waals surface area contributed by atoms with Crippen LogP contribution >= 0.6 is 12.2 Å². The molecule has 21 heavy (non-hydrogen) atoms. The van der Waals surface area contributed by atoms with Crippen LogP contribution in [0.1, 0.15) is 12.5 Å². The number of fused-ring (bicyclic) bond motifs is 1. The molecular formula is C14H13N5OS. The molecule has 0 aliphatic carbocycles. The average Bonchev–Trinajstić information content (AvgIpc) is 3.11. The monoisotopic (exact) mass is 299 g/mol. The summed E-state index contributed by atoms with van der Waals surface area (Å²) in [6.07, 6.45) is 3.27. The molecule has 0 aliphatic heterocycles. The maximum Gasteiger partial charge on any atom is 0.184 e. The lowest BCUT2D eigenvalue weighted by molar-refractivity contribution is 0.568. The van der Waals surface area contributed by atoms with Gasteiger partial charge in [0.25, 0.3) is 0 Å². The molecule has 0 aliphatic rings. The number of imidazole rings is 1. The fourth-order valence-electron chi connectivity index (χ4n) is 1.97. The van der Waals surface area contributed by atoms with E-state index in [1.54, 1.807) is 12.5 Å². The van der Waals surface area contributed by atoms with Crippen LogP contribution in [-0.4, -0.2) is 20.8 Å². The van der Waals surface area contributed by atoms with E-state index in [1.807, 2.05) is 31.2 Å². The van der Waals surface area contributed by atoms with Crippen molar-refractivity contribution in [3.63, 3.8) is 0 Å². The Morgan fingerprint density at radius 1 is 1.43 bits per heavy atom. The van der Waals surface area contributed by atoms with E-state index in [9.17, 15) is 0 Å². The molecule has 0 atom stereocenters. The number of aromatic nitrogens is 2. The van der Waals surface area contributed by atoms with E-state index in [2.05, 4.69) is 20.5 Å². The van der Waals surface area contributed by atoms with Crippen molar-refractivity contribution in [3.8, 4) is 11.4 Å². The molecule has 6 nitrogen and oxygen atoms in total. The lowest BCUT2D eigenvalue weighted by Gasteiger charge is -2.01. The lowest BCUT2D eigenvalue weighted by atomic mass is 10.1. The van der Waals surface area contributed by atoms with Gasteiger partial charge in [0.1, 0.15) is 12.1 Å². The molecule has 0 radical (unpaired) electrons. The maximum absolute atomic E-state index is 5.36. The Bertz CT molecular complexity index is 819. The van der Waals surface area contributed by atoms with E-state index in [0.29, 0.717) is 0 Å². The summed E-state index contributed by atoms with van der Waals surface area (Å²) in [5.41, 5.74) is 12.4. The first kappa shape index (κ1) is 13.3. The number of hydrogen-bond donors (Lipinski definition) is 3. The number of rotatable bonds is 3. The zero-order valence-electron chi connectivity index (χ0n) is 11.3. The smallest absolute Gasteiger partial charge is 0.184 e. The Hall–Kier alpha value is -2.67. The average molecular weight is 299 g/mol. The highest BCUT2D eigenvalue weighted by molar-refractivity contribution is 7.80. The molecule has 0 unspecified atom stereocenters. The molecule has 0 amide bonds. The Morgan fingerprint density at radius 2 is 2.29 bits per heavy atom. The van der Waals surface area contributed by atoms with Crippen molar-refractivity contribution in [2.75, 3.05) is 0 Å². The van der Waals surface area contributed by atoms with E-state index in [4.69, 9.17) is 22.4 Å². The number of hydrazone groups is 1. The first-order valence-electron chi connectivity index (χ1n) is 6.26. The highest BCUT2D eigenvalue weighted by Gasteiger charge is 2.08. The van der Waals surface area contributed by atoms with E-state index in [0.717, 1.165) is 33.7 Å². The highest BCUT2D eigenvalue weighted by atomic mass is 32.1. The molecule has 0 fully saturated rings. The number of hydrogen-bond acceptors (Lipinski definition) is 4. The third kappa shape index (κ3) is 2.77. The zero-order valence-corrected chi connectivity index (χ0v) is 12.1. The van der Waals surface area contributed by atoms with Gasteiger partial charge in [-0.05, 0) is 42.9 Å². The van der Waals surface area contributed by atoms with Crippen molar-refractivity contribution in [3.05, 3.63) is 42.4 Å². The van der Waals surface area contributed by atoms with Crippen LogP contribution in [0.25, 0.3) is 22.4 Å². The van der Waals surface area contributed by atoms with Gasteiger partial charge in [-0.25, -0.2) is 4.98 Å². The highest BCUT2D eigenvalue weighted by Crippen LogP contribution is 2.21. The minimum atomic E-state index is 0.138. The SMILES string of the molecule is C/C(=N\NC(N)=S)c1ccc2nc(-c3ccoc3)[nH]c2c1. The Labute approximate surface area is 126 Å². The van der Waals surface area contributed by atoms with E-state index in [1.165, 1.54) is 0 Å². The standard InChI is InChI=1S/C14H13N5OS/c1-8(18-19-14(15)21)9-2-3-11-12(6-9)17-13(16-11)10-4-5-20-7-10/h2-7H,1H3,(H,16,17)(H3,15,19,21)/b18-8+. The third-order valence-electron chi connectivity index (χ3n) is 3.03. The molecule has 0 bridgehead atoms. The summed E-state index contributed by atoms with van der Waals surface area (Å²) >= 11 is 4.72. The second kappa shape index (κ2) is 5.37. The van der Waals surface area contributed by atoms with Gasteiger partial charge in [0.15, 0.2) is 5.11 Å². The molecule has 3 rings (SSSR count). The van der Waals surface area contributed by atoms with E-state index >= 15 is 0 Å². The summed E-state index contributed by atoms with van der Waals surface area (Å²) in [6.45, 7) is 1.87. The largest absolute Gasteiger partial charge is 0.472 e. The quantitative estimate of drug-likeness (QED) is 0.392. The maximum atomic E-state index is 5.36. The number of H-pyrrole nitrogens is 1. The molecule has 2 aromatic heterocycles. The van der Waals surface area contributed by atoms with Gasteiger partial charge in [-0.2, -0.15) is 5.10 Å². The second-order valence-corrected chi connectivity index (χ2v) is 4.94. The summed E-state index contributed by atoms with van der Waals surface area (Å²) in [4.78, 5) is 7.78. The fraction of sp³-hybridized carbons (Fsp3) is 0.0714. The number of nitrogens with two attached hydrogens (primary N) is 1. The first-order valence-corrected chi connectivity index (χ1v) is 6.67. The van der Waals surface area contributed by atoms with Crippen LogP contribution in [0.2, 0.25) is 0 Å². The van der Waals surface area contributed by atoms with Crippen molar-refractivity contribution in [2.24, 2.45) is 10.8 Å². The molecule has 0 spiro atoms. The summed E-state index contributed by atoms with van der Waals surface area (Å²) in [7, 11) is 0. The number of thiocarbonyl (C=S) groups is 1. The van der Waals surface area contributed by atoms with Gasteiger partial charge in [-0.15, -0.1) is 0 Å². The fourth-order valence-corrected chi connectivity index (χ4v) is 2.02. The lowest BCUT2D eigenvalue weighted by Crippen LogP contribution is -2.25. The predicted molar refractivity (Wildman–Crippen MR) is 85.9 cm³/mol. The molecule has 0 saturated heterocycles. The van der Waals surface area contributed by atoms with Crippen LogP contribution in [0.4, 0.5) is 0 Å². The Morgan fingerprint density at radius 3 is 3.00 bits per heavy atom. The second-order valence-electron chi connectivity index (χ2n) is 4.50. The topological polar surface area (TPSA) is 92.2 Å². The molecule has 106 valence electrons. The van der Waals surface area contributed by atoms with Crippen LogP contribution in [0, 0.1) is 0 Å². The minimum absolute atomic E-state index is 0.138. The normalized spacial score (nSPS) is 11.8. The summed E-state index contributed by atoms with van der Waals surface area (Å²) in [6, 6.07) is 7.72. The molecule has 1 aromatic carbocycles. The molecule has 7 heteroatoms. The molecule has 2 heterocycles. The van der Waals surface area contributed by atoms with Gasteiger partial charge < -0.3 is 15.1 Å². The Balaban J connectivity index is 1.97. The van der Waals surface area contributed by atoms with Gasteiger partial charge in [-0.3, -0.25) is 5.43 Å². The number of nitrogens with zero attached hydrogens (tertiary/aromatic N) is 2. The van der Waals surface area contributed by atoms with Crippen molar-refractivity contribution >= 4 is 34.1 Å². The number of benzene rings is 1. The van der Waals surface area contributed by atoms with Gasteiger partial charge in [0, 0.05) is 0 Å². The van der Waals surface area contributed by atoms with E-state index < -0.39 is 0 Å². The van der Waals surface area contributed by atoms with Crippen molar-refractivity contribution in [1.82, 2.24) is 15.4 Å². The third-order valence-corrected chi connectivity index (χ3v) is 3.12. The number of aromatic amines is 1.